The van der Waals surface area contributed by atoms with Gasteiger partial charge in [0.2, 0.25) is 5.88 Å². The van der Waals surface area contributed by atoms with E-state index in [1.165, 1.54) is 0 Å². The zero-order chi connectivity index (χ0) is 22.0. The second-order valence-electron chi connectivity index (χ2n) is 7.56. The summed E-state index contributed by atoms with van der Waals surface area (Å²) in [7, 11) is 3.19. The number of aryl methyl sites for hydroxylation is 1. The summed E-state index contributed by atoms with van der Waals surface area (Å²) >= 11 is 0. The lowest BCUT2D eigenvalue weighted by atomic mass is 9.80. The predicted molar refractivity (Wildman–Crippen MR) is 116 cm³/mol. The number of ether oxygens (including phenoxy) is 2. The molecule has 0 radical (unpaired) electrons. The molecular formula is C24H22N4O3. The maximum Gasteiger partial charge on any atom is 0.261 e. The molecule has 31 heavy (non-hydrogen) atoms. The maximum absolute atomic E-state index is 10.0. The van der Waals surface area contributed by atoms with E-state index >= 15 is 0 Å². The van der Waals surface area contributed by atoms with E-state index in [-0.39, 0.29) is 6.42 Å². The van der Waals surface area contributed by atoms with Crippen LogP contribution in [0.25, 0.3) is 22.4 Å². The van der Waals surface area contributed by atoms with Gasteiger partial charge in [0.05, 0.1) is 36.8 Å². The molecule has 0 amide bonds. The summed E-state index contributed by atoms with van der Waals surface area (Å²) in [6.45, 7) is 3.81. The Bertz CT molecular complexity index is 1290. The van der Waals surface area contributed by atoms with E-state index < -0.39 is 5.41 Å². The van der Waals surface area contributed by atoms with Crippen molar-refractivity contribution in [3.63, 3.8) is 0 Å². The molecule has 0 aliphatic heterocycles. The quantitative estimate of drug-likeness (QED) is 0.454. The van der Waals surface area contributed by atoms with E-state index in [9.17, 15) is 5.26 Å². The minimum Gasteiger partial charge on any atom is -0.496 e. The van der Waals surface area contributed by atoms with Gasteiger partial charge in [-0.3, -0.25) is 0 Å². The number of hydrogen-bond acceptors (Lipinski definition) is 7. The van der Waals surface area contributed by atoms with Crippen LogP contribution in [0.1, 0.15) is 23.9 Å². The summed E-state index contributed by atoms with van der Waals surface area (Å²) in [6.07, 6.45) is 0.288. The predicted octanol–water partition coefficient (Wildman–Crippen LogP) is 4.63. The monoisotopic (exact) mass is 414 g/mol. The Balaban J connectivity index is 1.68. The summed E-state index contributed by atoms with van der Waals surface area (Å²) in [5.41, 5.74) is 2.39. The molecule has 7 nitrogen and oxygen atoms in total. The first-order valence-electron chi connectivity index (χ1n) is 9.80. The van der Waals surface area contributed by atoms with Crippen molar-refractivity contribution < 1.29 is 14.0 Å². The van der Waals surface area contributed by atoms with Crippen LogP contribution in [0, 0.1) is 18.3 Å². The van der Waals surface area contributed by atoms with Gasteiger partial charge < -0.3 is 14.0 Å². The van der Waals surface area contributed by atoms with Crippen LogP contribution in [0.4, 0.5) is 0 Å². The summed E-state index contributed by atoms with van der Waals surface area (Å²) in [4.78, 5) is 9.08. The van der Waals surface area contributed by atoms with Crippen LogP contribution in [0.15, 0.2) is 53.1 Å². The van der Waals surface area contributed by atoms with Crippen LogP contribution in [0.2, 0.25) is 0 Å². The number of nitrogens with zero attached hydrogens (tertiary/aromatic N) is 4. The number of nitriles is 1. The fourth-order valence-corrected chi connectivity index (χ4v) is 3.58. The number of para-hydroxylation sites is 1. The highest BCUT2D eigenvalue weighted by Crippen LogP contribution is 2.32. The molecule has 7 heteroatoms. The first kappa shape index (κ1) is 20.4. The number of pyridine rings is 1. The smallest absolute Gasteiger partial charge is 0.261 e. The topological polar surface area (TPSA) is 94.1 Å². The van der Waals surface area contributed by atoms with Crippen molar-refractivity contribution in [3.8, 4) is 29.2 Å². The Labute approximate surface area is 180 Å². The zero-order valence-electron chi connectivity index (χ0n) is 17.8. The van der Waals surface area contributed by atoms with Crippen molar-refractivity contribution in [1.29, 1.82) is 5.26 Å². The van der Waals surface area contributed by atoms with Gasteiger partial charge in [-0.1, -0.05) is 29.4 Å². The van der Waals surface area contributed by atoms with Crippen molar-refractivity contribution >= 4 is 10.9 Å². The summed E-state index contributed by atoms with van der Waals surface area (Å²) in [5, 5.41) is 15.1. The molecule has 2 aromatic carbocycles. The van der Waals surface area contributed by atoms with Crippen molar-refractivity contribution in [1.82, 2.24) is 15.1 Å². The third-order valence-electron chi connectivity index (χ3n) is 5.36. The van der Waals surface area contributed by atoms with Crippen LogP contribution in [-0.4, -0.2) is 29.3 Å². The fraction of sp³-hybridized carbons (Fsp3) is 0.250. The molecule has 156 valence electrons. The first-order valence-corrected chi connectivity index (χ1v) is 9.80. The SMILES string of the molecule is COc1ccccc1-c1nc(CC(C)(C#N)c2ccc3cc(C)c(OC)nc3c2)no1. The van der Waals surface area contributed by atoms with Crippen molar-refractivity contribution in [3.05, 3.63) is 65.5 Å². The minimum absolute atomic E-state index is 0.288. The van der Waals surface area contributed by atoms with Crippen molar-refractivity contribution in [2.75, 3.05) is 14.2 Å². The lowest BCUT2D eigenvalue weighted by Crippen LogP contribution is -2.23. The van der Waals surface area contributed by atoms with Crippen LogP contribution in [0.3, 0.4) is 0 Å². The number of aromatic nitrogens is 3. The lowest BCUT2D eigenvalue weighted by molar-refractivity contribution is 0.396. The third kappa shape index (κ3) is 3.80. The molecule has 0 bridgehead atoms. The molecule has 0 saturated carbocycles. The van der Waals surface area contributed by atoms with Gasteiger partial charge in [-0.05, 0) is 43.7 Å². The highest BCUT2D eigenvalue weighted by molar-refractivity contribution is 5.81. The Kier molecular flexibility index (Phi) is 5.30. The molecule has 0 fully saturated rings. The van der Waals surface area contributed by atoms with Gasteiger partial charge >= 0.3 is 0 Å². The molecule has 0 aliphatic carbocycles. The Morgan fingerprint density at radius 1 is 1.06 bits per heavy atom. The summed E-state index contributed by atoms with van der Waals surface area (Å²) in [6, 6.07) is 17.7. The zero-order valence-corrected chi connectivity index (χ0v) is 17.8. The Morgan fingerprint density at radius 2 is 1.87 bits per heavy atom. The van der Waals surface area contributed by atoms with Crippen LogP contribution in [0.5, 0.6) is 11.6 Å². The molecule has 0 spiro atoms. The molecular weight excluding hydrogens is 392 g/mol. The largest absolute Gasteiger partial charge is 0.496 e. The average molecular weight is 414 g/mol. The van der Waals surface area contributed by atoms with Gasteiger partial charge in [-0.15, -0.1) is 0 Å². The van der Waals surface area contributed by atoms with Gasteiger partial charge in [0, 0.05) is 17.4 Å². The van der Waals surface area contributed by atoms with Crippen LogP contribution in [-0.2, 0) is 11.8 Å². The highest BCUT2D eigenvalue weighted by Gasteiger charge is 2.30. The second-order valence-corrected chi connectivity index (χ2v) is 7.56. The van der Waals surface area contributed by atoms with Gasteiger partial charge in [-0.25, -0.2) is 4.98 Å². The van der Waals surface area contributed by atoms with Gasteiger partial charge in [-0.2, -0.15) is 10.2 Å². The van der Waals surface area contributed by atoms with Gasteiger partial charge in [0.25, 0.3) is 5.89 Å². The van der Waals surface area contributed by atoms with Crippen molar-refractivity contribution in [2.24, 2.45) is 0 Å². The van der Waals surface area contributed by atoms with E-state index in [1.807, 2.05) is 62.4 Å². The summed E-state index contributed by atoms with van der Waals surface area (Å²) < 4.78 is 16.2. The standard InChI is InChI=1S/C24H22N4O3/c1-15-11-16-9-10-17(12-19(16)26-22(15)30-4)24(2,14-25)13-21-27-23(31-28-21)18-7-5-6-8-20(18)29-3/h5-12H,13H2,1-4H3. The number of methoxy groups -OCH3 is 2. The summed E-state index contributed by atoms with van der Waals surface area (Å²) in [5.74, 6) is 2.01. The molecule has 4 aromatic rings. The first-order chi connectivity index (χ1) is 15.0. The number of benzene rings is 2. The van der Waals surface area contributed by atoms with Gasteiger partial charge in [0.1, 0.15) is 5.75 Å². The Morgan fingerprint density at radius 3 is 2.61 bits per heavy atom. The number of rotatable bonds is 6. The normalized spacial score (nSPS) is 12.9. The molecule has 2 aromatic heterocycles. The fourth-order valence-electron chi connectivity index (χ4n) is 3.58. The molecule has 2 heterocycles. The molecule has 4 rings (SSSR count). The molecule has 1 atom stereocenters. The third-order valence-corrected chi connectivity index (χ3v) is 5.36. The number of fused-ring (bicyclic) bond motifs is 1. The van der Waals surface area contributed by atoms with Crippen LogP contribution < -0.4 is 9.47 Å². The molecule has 0 saturated heterocycles. The van der Waals surface area contributed by atoms with E-state index in [4.69, 9.17) is 14.0 Å². The van der Waals surface area contributed by atoms with E-state index in [0.717, 1.165) is 22.0 Å². The average Bonchev–Trinajstić information content (AvgIpc) is 3.26. The van der Waals surface area contributed by atoms with Crippen molar-refractivity contribution in [2.45, 2.75) is 25.7 Å². The number of hydrogen-bond donors (Lipinski definition) is 0. The molecule has 0 aliphatic rings. The van der Waals surface area contributed by atoms with E-state index in [2.05, 4.69) is 21.2 Å². The van der Waals surface area contributed by atoms with Gasteiger partial charge in [0.15, 0.2) is 5.82 Å². The van der Waals surface area contributed by atoms with E-state index in [0.29, 0.717) is 28.9 Å². The molecule has 0 N–H and O–H groups in total. The minimum atomic E-state index is -0.865. The van der Waals surface area contributed by atoms with E-state index in [1.54, 1.807) is 14.2 Å². The lowest BCUT2D eigenvalue weighted by Gasteiger charge is -2.21. The Hall–Kier alpha value is -3.92. The maximum atomic E-state index is 10.0. The van der Waals surface area contributed by atoms with Crippen LogP contribution >= 0.6 is 0 Å². The molecule has 1 unspecified atom stereocenters. The highest BCUT2D eigenvalue weighted by atomic mass is 16.5. The second kappa shape index (κ2) is 8.07.